The van der Waals surface area contributed by atoms with Crippen LogP contribution in [0.4, 0.5) is 0 Å². The molecule has 0 N–H and O–H groups in total. The lowest BCUT2D eigenvalue weighted by Crippen LogP contribution is -1.93. The van der Waals surface area contributed by atoms with Crippen LogP contribution in [0.15, 0.2) is 36.4 Å². The Bertz CT molecular complexity index is 726. The minimum Gasteiger partial charge on any atom is -0.495 e. The molecule has 1 unspecified atom stereocenters. The highest BCUT2D eigenvalue weighted by Crippen LogP contribution is 2.30. The number of aryl methyl sites for hydroxylation is 1. The third kappa shape index (κ3) is 3.58. The first kappa shape index (κ1) is 16.3. The molecular weight excluding hydrogens is 290 g/mol. The highest BCUT2D eigenvalue weighted by Gasteiger charge is 2.09. The van der Waals surface area contributed by atoms with E-state index in [0.717, 1.165) is 28.2 Å². The summed E-state index contributed by atoms with van der Waals surface area (Å²) in [6.07, 6.45) is 0. The highest BCUT2D eigenvalue weighted by molar-refractivity contribution is 8.13. The van der Waals surface area contributed by atoms with E-state index in [-0.39, 0.29) is 10.5 Å². The van der Waals surface area contributed by atoms with Gasteiger partial charge in [0.15, 0.2) is 0 Å². The molecule has 0 saturated heterocycles. The van der Waals surface area contributed by atoms with E-state index in [9.17, 15) is 5.26 Å². The number of methoxy groups -OCH3 is 1. The van der Waals surface area contributed by atoms with Crippen LogP contribution in [0.25, 0.3) is 11.1 Å². The quantitative estimate of drug-likeness (QED) is 0.746. The molecule has 3 heteroatoms. The van der Waals surface area contributed by atoms with Gasteiger partial charge in [-0.3, -0.25) is 0 Å². The molecular formula is C19H21NOS. The fraction of sp³-hybridized carbons (Fsp3) is 0.263. The largest absolute Gasteiger partial charge is 0.495 e. The molecule has 2 aromatic carbocycles. The van der Waals surface area contributed by atoms with Gasteiger partial charge in [-0.1, -0.05) is 37.1 Å². The minimum absolute atomic E-state index is 0.202. The van der Waals surface area contributed by atoms with Crippen molar-refractivity contribution in [2.24, 2.45) is 0 Å². The summed E-state index contributed by atoms with van der Waals surface area (Å²) in [6.45, 7) is 4.12. The second-order valence-electron chi connectivity index (χ2n) is 5.22. The summed E-state index contributed by atoms with van der Waals surface area (Å²) in [7, 11) is 1.80. The van der Waals surface area contributed by atoms with Gasteiger partial charge in [-0.2, -0.15) is 15.7 Å². The normalized spacial score (nSPS) is 11.7. The Balaban J connectivity index is 2.35. The Kier molecular flexibility index (Phi) is 5.41. The van der Waals surface area contributed by atoms with Crippen molar-refractivity contribution in [1.29, 1.82) is 5.26 Å². The fourth-order valence-electron chi connectivity index (χ4n) is 2.36. The summed E-state index contributed by atoms with van der Waals surface area (Å²) in [5.74, 6) is 6.95. The van der Waals surface area contributed by atoms with Crippen LogP contribution in [-0.2, 0) is 5.75 Å². The van der Waals surface area contributed by atoms with E-state index in [1.165, 1.54) is 5.56 Å². The molecule has 0 amide bonds. The van der Waals surface area contributed by atoms with E-state index in [2.05, 4.69) is 43.1 Å². The number of hydrogen-bond donors (Lipinski definition) is 0. The zero-order valence-electron chi connectivity index (χ0n) is 13.3. The molecule has 0 aromatic heterocycles. The zero-order valence-corrected chi connectivity index (χ0v) is 14.2. The predicted molar refractivity (Wildman–Crippen MR) is 96.8 cm³/mol. The van der Waals surface area contributed by atoms with Crippen LogP contribution < -0.4 is 4.74 Å². The van der Waals surface area contributed by atoms with Crippen LogP contribution in [0.2, 0.25) is 0 Å². The molecule has 0 saturated carbocycles. The molecule has 0 fully saturated rings. The number of nitrogens with zero attached hydrogens (tertiary/aromatic N) is 1. The number of hydrogen-bond acceptors (Lipinski definition) is 2. The monoisotopic (exact) mass is 311 g/mol. The Morgan fingerprint density at radius 3 is 2.41 bits per heavy atom. The summed E-state index contributed by atoms with van der Waals surface area (Å²) in [5, 5.41) is 9.20. The number of benzene rings is 2. The van der Waals surface area contributed by atoms with Crippen molar-refractivity contribution in [3.63, 3.8) is 0 Å². The van der Waals surface area contributed by atoms with Gasteiger partial charge in [0.25, 0.3) is 0 Å². The number of ether oxygens (including phenoxy) is 1. The summed E-state index contributed by atoms with van der Waals surface area (Å²) < 4.78 is 5.34. The van der Waals surface area contributed by atoms with Gasteiger partial charge >= 0.3 is 0 Å². The van der Waals surface area contributed by atoms with Gasteiger partial charge in [0.1, 0.15) is 11.8 Å². The van der Waals surface area contributed by atoms with Gasteiger partial charge < -0.3 is 4.74 Å². The van der Waals surface area contributed by atoms with E-state index < -0.39 is 0 Å². The average molecular weight is 311 g/mol. The second-order valence-corrected chi connectivity index (χ2v) is 7.32. The first-order valence-electron chi connectivity index (χ1n) is 7.24. The maximum absolute atomic E-state index is 9.20. The van der Waals surface area contributed by atoms with Crippen molar-refractivity contribution >= 4 is 16.4 Å². The van der Waals surface area contributed by atoms with Gasteiger partial charge in [0.05, 0.1) is 12.7 Å². The molecule has 0 aliphatic heterocycles. The fourth-order valence-corrected chi connectivity index (χ4v) is 3.22. The van der Waals surface area contributed by atoms with Crippen LogP contribution in [0.3, 0.4) is 0 Å². The van der Waals surface area contributed by atoms with Crippen LogP contribution >= 0.6 is 10.5 Å². The topological polar surface area (TPSA) is 33.0 Å². The molecule has 0 heterocycles. The number of rotatable bonds is 5. The molecule has 0 aliphatic rings. The molecule has 0 spiro atoms. The van der Waals surface area contributed by atoms with Gasteiger partial charge in [-0.05, 0) is 47.1 Å². The van der Waals surface area contributed by atoms with Crippen molar-refractivity contribution in [2.75, 3.05) is 12.9 Å². The average Bonchev–Trinajstić information content (AvgIpc) is 2.54. The van der Waals surface area contributed by atoms with Gasteiger partial charge in [0, 0.05) is 5.75 Å². The molecule has 2 aromatic rings. The van der Waals surface area contributed by atoms with Crippen molar-refractivity contribution in [1.82, 2.24) is 0 Å². The van der Waals surface area contributed by atoms with E-state index in [4.69, 9.17) is 4.74 Å². The van der Waals surface area contributed by atoms with Crippen molar-refractivity contribution in [3.05, 3.63) is 53.1 Å². The van der Waals surface area contributed by atoms with Gasteiger partial charge in [0.2, 0.25) is 0 Å². The molecule has 0 radical (unpaired) electrons. The van der Waals surface area contributed by atoms with E-state index in [1.54, 1.807) is 7.11 Å². The lowest BCUT2D eigenvalue weighted by molar-refractivity contribution is 0.413. The zero-order chi connectivity index (χ0) is 16.1. The lowest BCUT2D eigenvalue weighted by atomic mass is 9.98. The summed E-state index contributed by atoms with van der Waals surface area (Å²) in [6, 6.07) is 14.7. The summed E-state index contributed by atoms with van der Waals surface area (Å²) in [5.41, 5.74) is 5.07. The highest BCUT2D eigenvalue weighted by atomic mass is 32.2. The van der Waals surface area contributed by atoms with E-state index >= 15 is 0 Å². The molecule has 114 valence electrons. The van der Waals surface area contributed by atoms with Crippen LogP contribution in [0, 0.1) is 18.3 Å². The van der Waals surface area contributed by atoms with E-state index in [0.29, 0.717) is 11.3 Å². The van der Waals surface area contributed by atoms with Gasteiger partial charge in [-0.25, -0.2) is 0 Å². The van der Waals surface area contributed by atoms with E-state index in [1.807, 2.05) is 19.1 Å². The Morgan fingerprint density at radius 2 is 1.86 bits per heavy atom. The smallest absolute Gasteiger partial charge is 0.137 e. The summed E-state index contributed by atoms with van der Waals surface area (Å²) >= 11 is 0. The molecule has 2 nitrogen and oxygen atoms in total. The summed E-state index contributed by atoms with van der Waals surface area (Å²) in [4.78, 5) is 0. The first-order chi connectivity index (χ1) is 10.6. The maximum Gasteiger partial charge on any atom is 0.137 e. The third-order valence-corrected chi connectivity index (χ3v) is 5.26. The lowest BCUT2D eigenvalue weighted by Gasteiger charge is -2.11. The van der Waals surface area contributed by atoms with Crippen molar-refractivity contribution in [2.45, 2.75) is 19.6 Å². The number of nitriles is 1. The molecule has 0 aliphatic carbocycles. The van der Waals surface area contributed by atoms with Crippen LogP contribution in [-0.4, -0.2) is 18.7 Å². The second kappa shape index (κ2) is 7.29. The third-order valence-electron chi connectivity index (χ3n) is 3.70. The standard InChI is InChI=1S/C19H21NOS/c1-5-22(4)13-15-6-8-16(9-7-15)17-10-14(2)18(12-20)19(11-17)21-3/h6-11H,4-5,13H2,1-3H3. The minimum atomic E-state index is 0.202. The molecule has 2 rings (SSSR count). The Hall–Kier alpha value is -2.05. The Labute approximate surface area is 135 Å². The molecule has 0 bridgehead atoms. The van der Waals surface area contributed by atoms with Crippen LogP contribution in [0.5, 0.6) is 5.75 Å². The molecule has 22 heavy (non-hydrogen) atoms. The Morgan fingerprint density at radius 1 is 1.18 bits per heavy atom. The maximum atomic E-state index is 9.20. The molecule has 1 atom stereocenters. The first-order valence-corrected chi connectivity index (χ1v) is 8.97. The SMILES string of the molecule is C=S(CC)Cc1ccc(-c2cc(C)c(C#N)c(OC)c2)cc1. The van der Waals surface area contributed by atoms with Crippen molar-refractivity contribution < 1.29 is 4.74 Å². The predicted octanol–water partition coefficient (Wildman–Crippen LogP) is 4.76. The van der Waals surface area contributed by atoms with Crippen LogP contribution in [0.1, 0.15) is 23.6 Å². The van der Waals surface area contributed by atoms with Gasteiger partial charge in [-0.15, -0.1) is 0 Å². The van der Waals surface area contributed by atoms with Crippen molar-refractivity contribution in [3.8, 4) is 22.9 Å².